The summed E-state index contributed by atoms with van der Waals surface area (Å²) in [6.07, 6.45) is 2.32. The van der Waals surface area contributed by atoms with Gasteiger partial charge in [-0.1, -0.05) is 37.3 Å². The molecule has 0 saturated heterocycles. The Labute approximate surface area is 126 Å². The molecule has 1 aromatic carbocycles. The van der Waals surface area contributed by atoms with E-state index in [4.69, 9.17) is 5.11 Å². The van der Waals surface area contributed by atoms with Crippen molar-refractivity contribution in [2.45, 2.75) is 18.9 Å². The van der Waals surface area contributed by atoms with Gasteiger partial charge in [0.05, 0.1) is 6.04 Å². The van der Waals surface area contributed by atoms with Crippen LogP contribution >= 0.6 is 15.9 Å². The molecule has 2 N–H and O–H groups in total. The second kappa shape index (κ2) is 6.52. The van der Waals surface area contributed by atoms with Gasteiger partial charge in [-0.3, -0.25) is 4.98 Å². The second-order valence-electron chi connectivity index (χ2n) is 4.56. The second-order valence-corrected chi connectivity index (χ2v) is 5.48. The van der Waals surface area contributed by atoms with Crippen molar-refractivity contribution in [2.24, 2.45) is 0 Å². The molecule has 0 aliphatic heterocycles. The van der Waals surface area contributed by atoms with Crippen molar-refractivity contribution in [1.82, 2.24) is 10.3 Å². The summed E-state index contributed by atoms with van der Waals surface area (Å²) >= 11 is 3.36. The molecule has 0 bridgehead atoms. The van der Waals surface area contributed by atoms with Gasteiger partial charge in [0.1, 0.15) is 0 Å². The molecule has 104 valence electrons. The van der Waals surface area contributed by atoms with Crippen LogP contribution in [0, 0.1) is 0 Å². The van der Waals surface area contributed by atoms with E-state index in [9.17, 15) is 4.79 Å². The predicted octanol–water partition coefficient (Wildman–Crippen LogP) is 3.96. The van der Waals surface area contributed by atoms with E-state index in [0.29, 0.717) is 0 Å². The van der Waals surface area contributed by atoms with Crippen molar-refractivity contribution in [2.75, 3.05) is 0 Å². The topological polar surface area (TPSA) is 62.2 Å². The molecule has 0 saturated carbocycles. The largest absolute Gasteiger partial charge is 0.465 e. The molecule has 0 radical (unpaired) electrons. The number of hydrogen-bond acceptors (Lipinski definition) is 2. The fourth-order valence-electron chi connectivity index (χ4n) is 2.18. The highest BCUT2D eigenvalue weighted by molar-refractivity contribution is 9.10. The van der Waals surface area contributed by atoms with Gasteiger partial charge in [0.2, 0.25) is 0 Å². The molecule has 1 aromatic heterocycles. The standard InChI is InChI=1S/C15H15BrN2O2/c1-10(11-5-3-2-4-6-11)14(18-15(19)20)12-7-13(16)9-17-8-12/h2-10,14,18H,1H3,(H,19,20)/t10-,14+/m0/s1. The van der Waals surface area contributed by atoms with Crippen molar-refractivity contribution in [3.05, 3.63) is 64.4 Å². The summed E-state index contributed by atoms with van der Waals surface area (Å²) in [6, 6.07) is 11.4. The molecular formula is C15H15BrN2O2. The summed E-state index contributed by atoms with van der Waals surface area (Å²) in [5.74, 6) is 0.00315. The number of hydrogen-bond donors (Lipinski definition) is 2. The Hall–Kier alpha value is -1.88. The van der Waals surface area contributed by atoms with Crippen molar-refractivity contribution in [3.63, 3.8) is 0 Å². The Bertz CT molecular complexity index is 589. The predicted molar refractivity (Wildman–Crippen MR) is 80.7 cm³/mol. The number of aromatic nitrogens is 1. The first-order valence-corrected chi connectivity index (χ1v) is 7.02. The van der Waals surface area contributed by atoms with E-state index in [-0.39, 0.29) is 12.0 Å². The first-order valence-electron chi connectivity index (χ1n) is 6.23. The Kier molecular flexibility index (Phi) is 4.74. The Morgan fingerprint density at radius 3 is 2.55 bits per heavy atom. The summed E-state index contributed by atoms with van der Waals surface area (Å²) in [5, 5.41) is 11.6. The molecule has 1 amide bonds. The zero-order chi connectivity index (χ0) is 14.5. The SMILES string of the molecule is C[C@@H](c1ccccc1)[C@@H](NC(=O)O)c1cncc(Br)c1. The molecule has 0 aliphatic carbocycles. The molecule has 4 nitrogen and oxygen atoms in total. The van der Waals surface area contributed by atoms with Gasteiger partial charge in [-0.2, -0.15) is 0 Å². The number of carbonyl (C=O) groups is 1. The number of amides is 1. The molecule has 0 fully saturated rings. The van der Waals surface area contributed by atoms with Gasteiger partial charge in [-0.15, -0.1) is 0 Å². The molecular weight excluding hydrogens is 320 g/mol. The van der Waals surface area contributed by atoms with E-state index in [0.717, 1.165) is 15.6 Å². The van der Waals surface area contributed by atoms with Gasteiger partial charge < -0.3 is 10.4 Å². The Balaban J connectivity index is 2.35. The smallest absolute Gasteiger partial charge is 0.405 e. The molecule has 2 rings (SSSR count). The van der Waals surface area contributed by atoms with Crippen LogP contribution in [0.15, 0.2) is 53.3 Å². The lowest BCUT2D eigenvalue weighted by molar-refractivity contribution is 0.188. The van der Waals surface area contributed by atoms with E-state index >= 15 is 0 Å². The quantitative estimate of drug-likeness (QED) is 0.889. The Morgan fingerprint density at radius 2 is 1.95 bits per heavy atom. The molecule has 5 heteroatoms. The maximum Gasteiger partial charge on any atom is 0.405 e. The highest BCUT2D eigenvalue weighted by Gasteiger charge is 2.23. The number of nitrogens with zero attached hydrogens (tertiary/aromatic N) is 1. The molecule has 0 unspecified atom stereocenters. The van der Waals surface area contributed by atoms with E-state index in [1.807, 2.05) is 43.3 Å². The van der Waals surface area contributed by atoms with E-state index in [1.54, 1.807) is 12.4 Å². The summed E-state index contributed by atoms with van der Waals surface area (Å²) in [7, 11) is 0. The van der Waals surface area contributed by atoms with Crippen LogP contribution in [0.5, 0.6) is 0 Å². The minimum atomic E-state index is -1.04. The molecule has 1 heterocycles. The molecule has 20 heavy (non-hydrogen) atoms. The summed E-state index contributed by atoms with van der Waals surface area (Å²) in [6.45, 7) is 2.00. The third-order valence-corrected chi connectivity index (χ3v) is 3.62. The van der Waals surface area contributed by atoms with Crippen molar-refractivity contribution < 1.29 is 9.90 Å². The van der Waals surface area contributed by atoms with Gasteiger partial charge in [-0.25, -0.2) is 4.79 Å². The number of nitrogens with one attached hydrogen (secondary N) is 1. The molecule has 0 spiro atoms. The van der Waals surface area contributed by atoms with Crippen molar-refractivity contribution in [3.8, 4) is 0 Å². The number of halogens is 1. The van der Waals surface area contributed by atoms with Crippen LogP contribution in [0.1, 0.15) is 30.0 Å². The average molecular weight is 335 g/mol. The Morgan fingerprint density at radius 1 is 1.25 bits per heavy atom. The molecule has 2 atom stereocenters. The third-order valence-electron chi connectivity index (χ3n) is 3.19. The highest BCUT2D eigenvalue weighted by Crippen LogP contribution is 2.31. The molecule has 2 aromatic rings. The van der Waals surface area contributed by atoms with Gasteiger partial charge in [0.25, 0.3) is 0 Å². The van der Waals surface area contributed by atoms with Crippen LogP contribution < -0.4 is 5.32 Å². The van der Waals surface area contributed by atoms with Gasteiger partial charge in [0.15, 0.2) is 0 Å². The maximum absolute atomic E-state index is 11.1. The lowest BCUT2D eigenvalue weighted by Crippen LogP contribution is -2.30. The number of benzene rings is 1. The van der Waals surface area contributed by atoms with Crippen LogP contribution in [0.3, 0.4) is 0 Å². The summed E-state index contributed by atoms with van der Waals surface area (Å²) < 4.78 is 0.826. The van der Waals surface area contributed by atoms with E-state index < -0.39 is 6.09 Å². The maximum atomic E-state index is 11.1. The van der Waals surface area contributed by atoms with Crippen LogP contribution in [0.4, 0.5) is 4.79 Å². The average Bonchev–Trinajstić information content (AvgIpc) is 2.45. The number of carboxylic acid groups (broad SMARTS) is 1. The lowest BCUT2D eigenvalue weighted by Gasteiger charge is -2.24. The first-order chi connectivity index (χ1) is 9.58. The van der Waals surface area contributed by atoms with Crippen LogP contribution in [-0.4, -0.2) is 16.2 Å². The van der Waals surface area contributed by atoms with Gasteiger partial charge in [0, 0.05) is 22.8 Å². The molecule has 0 aliphatic rings. The minimum absolute atomic E-state index is 0.00315. The van der Waals surface area contributed by atoms with Crippen molar-refractivity contribution >= 4 is 22.0 Å². The minimum Gasteiger partial charge on any atom is -0.465 e. The monoisotopic (exact) mass is 334 g/mol. The third kappa shape index (κ3) is 3.57. The van der Waals surface area contributed by atoms with E-state index in [1.165, 1.54) is 0 Å². The van der Waals surface area contributed by atoms with Gasteiger partial charge >= 0.3 is 6.09 Å². The summed E-state index contributed by atoms with van der Waals surface area (Å²) in [4.78, 5) is 15.2. The van der Waals surface area contributed by atoms with Crippen LogP contribution in [0.2, 0.25) is 0 Å². The van der Waals surface area contributed by atoms with Crippen molar-refractivity contribution in [1.29, 1.82) is 0 Å². The van der Waals surface area contributed by atoms with E-state index in [2.05, 4.69) is 26.2 Å². The fraction of sp³-hybridized carbons (Fsp3) is 0.200. The fourth-order valence-corrected chi connectivity index (χ4v) is 2.56. The zero-order valence-corrected chi connectivity index (χ0v) is 12.5. The van der Waals surface area contributed by atoms with Crippen LogP contribution in [-0.2, 0) is 0 Å². The zero-order valence-electron chi connectivity index (χ0n) is 11.0. The highest BCUT2D eigenvalue weighted by atomic mass is 79.9. The number of pyridine rings is 1. The van der Waals surface area contributed by atoms with Crippen LogP contribution in [0.25, 0.3) is 0 Å². The normalized spacial score (nSPS) is 13.5. The van der Waals surface area contributed by atoms with Gasteiger partial charge in [-0.05, 0) is 33.1 Å². The lowest BCUT2D eigenvalue weighted by atomic mass is 9.89. The first kappa shape index (κ1) is 14.5. The summed E-state index contributed by atoms with van der Waals surface area (Å²) in [5.41, 5.74) is 1.91. The number of rotatable bonds is 4.